The van der Waals surface area contributed by atoms with E-state index in [1.807, 2.05) is 24.3 Å². The van der Waals surface area contributed by atoms with Crippen molar-refractivity contribution in [2.75, 3.05) is 27.4 Å². The molecule has 1 aromatic heterocycles. The summed E-state index contributed by atoms with van der Waals surface area (Å²) in [7, 11) is 3.21. The predicted molar refractivity (Wildman–Crippen MR) is 103 cm³/mol. The molecule has 1 heterocycles. The van der Waals surface area contributed by atoms with Gasteiger partial charge in [0.05, 0.1) is 13.7 Å². The highest BCUT2D eigenvalue weighted by atomic mass is 32.1. The van der Waals surface area contributed by atoms with Crippen LogP contribution in [0.3, 0.4) is 0 Å². The van der Waals surface area contributed by atoms with Crippen molar-refractivity contribution >= 4 is 23.2 Å². The van der Waals surface area contributed by atoms with Gasteiger partial charge in [0.2, 0.25) is 0 Å². The number of ether oxygens (including phenoxy) is 3. The van der Waals surface area contributed by atoms with Crippen LogP contribution in [-0.2, 0) is 27.1 Å². The average molecular weight is 389 g/mol. The van der Waals surface area contributed by atoms with Crippen molar-refractivity contribution in [1.82, 2.24) is 5.32 Å². The Balaban J connectivity index is 1.71. The quantitative estimate of drug-likeness (QED) is 0.582. The fourth-order valence-electron chi connectivity index (χ4n) is 3.03. The second-order valence-corrected chi connectivity index (χ2v) is 7.37. The minimum Gasteiger partial charge on any atom is -0.497 e. The number of fused-ring (bicyclic) bond motifs is 3. The van der Waals surface area contributed by atoms with Crippen LogP contribution in [0.2, 0.25) is 0 Å². The zero-order chi connectivity index (χ0) is 19.4. The van der Waals surface area contributed by atoms with Crippen LogP contribution in [0.5, 0.6) is 5.75 Å². The van der Waals surface area contributed by atoms with E-state index < -0.39 is 12.1 Å². The molecule has 144 valence electrons. The first-order valence-electron chi connectivity index (χ1n) is 8.81. The van der Waals surface area contributed by atoms with E-state index in [2.05, 4.69) is 5.32 Å². The largest absolute Gasteiger partial charge is 0.497 e. The number of benzene rings is 1. The van der Waals surface area contributed by atoms with Crippen molar-refractivity contribution < 1.29 is 23.8 Å². The molecule has 0 saturated heterocycles. The van der Waals surface area contributed by atoms with E-state index in [-0.39, 0.29) is 5.91 Å². The molecule has 0 radical (unpaired) electrons. The van der Waals surface area contributed by atoms with Gasteiger partial charge in [-0.15, -0.1) is 11.3 Å². The maximum absolute atomic E-state index is 12.5. The second kappa shape index (κ2) is 8.54. The van der Waals surface area contributed by atoms with Gasteiger partial charge in [-0.05, 0) is 60.7 Å². The summed E-state index contributed by atoms with van der Waals surface area (Å²) in [4.78, 5) is 26.0. The Kier molecular flexibility index (Phi) is 6.13. The summed E-state index contributed by atoms with van der Waals surface area (Å²) < 4.78 is 15.5. The van der Waals surface area contributed by atoms with E-state index in [1.54, 1.807) is 21.1 Å². The van der Waals surface area contributed by atoms with Gasteiger partial charge in [-0.3, -0.25) is 4.79 Å². The molecule has 0 bridgehead atoms. The number of nitrogens with one attached hydrogen (secondary N) is 1. The number of rotatable bonds is 7. The number of carbonyl (C=O) groups is 2. The number of carbonyl (C=O) groups excluding carboxylic acids is 2. The van der Waals surface area contributed by atoms with E-state index >= 15 is 0 Å². The Hall–Kier alpha value is -2.38. The molecule has 0 fully saturated rings. The topological polar surface area (TPSA) is 73.9 Å². The fraction of sp³-hybridized carbons (Fsp3) is 0.400. The first-order valence-corrected chi connectivity index (χ1v) is 9.62. The molecule has 6 nitrogen and oxygen atoms in total. The number of aryl methyl sites for hydroxylation is 2. The maximum atomic E-state index is 12.5. The third-order valence-electron chi connectivity index (χ3n) is 4.49. The Bertz CT molecular complexity index is 845. The van der Waals surface area contributed by atoms with Crippen molar-refractivity contribution in [3.63, 3.8) is 0 Å². The highest BCUT2D eigenvalue weighted by molar-refractivity contribution is 7.17. The standard InChI is InChI=1S/C20H23NO5S/c1-12(19(22)21-8-9-24-2)26-20(23)17-11-14-5-4-13-10-15(25-3)6-7-16(13)18(14)27-17/h6-7,10-12H,4-5,8-9H2,1-3H3,(H,21,22)/t12-/m0/s1. The van der Waals surface area contributed by atoms with E-state index in [1.165, 1.54) is 16.9 Å². The number of thiophene rings is 1. The summed E-state index contributed by atoms with van der Waals surface area (Å²) in [6, 6.07) is 7.88. The Morgan fingerprint density at radius 1 is 1.19 bits per heavy atom. The van der Waals surface area contributed by atoms with Crippen LogP contribution in [0, 0.1) is 0 Å². The Morgan fingerprint density at radius 2 is 1.96 bits per heavy atom. The van der Waals surface area contributed by atoms with E-state index in [0.29, 0.717) is 18.0 Å². The number of amides is 1. The fourth-order valence-corrected chi connectivity index (χ4v) is 4.18. The van der Waals surface area contributed by atoms with Crippen LogP contribution in [0.25, 0.3) is 10.4 Å². The van der Waals surface area contributed by atoms with Gasteiger partial charge >= 0.3 is 5.97 Å². The molecule has 27 heavy (non-hydrogen) atoms. The zero-order valence-electron chi connectivity index (χ0n) is 15.7. The molecule has 0 unspecified atom stereocenters. The molecule has 1 aliphatic carbocycles. The molecule has 0 spiro atoms. The molecule has 0 saturated carbocycles. The van der Waals surface area contributed by atoms with Crippen LogP contribution in [0.1, 0.15) is 27.7 Å². The molecular weight excluding hydrogens is 366 g/mol. The minimum absolute atomic E-state index is 0.334. The lowest BCUT2D eigenvalue weighted by atomic mass is 9.91. The zero-order valence-corrected chi connectivity index (χ0v) is 16.5. The number of hydrogen-bond donors (Lipinski definition) is 1. The van der Waals surface area contributed by atoms with Gasteiger partial charge in [0.15, 0.2) is 6.10 Å². The molecule has 2 aromatic rings. The number of esters is 1. The highest BCUT2D eigenvalue weighted by Gasteiger charge is 2.25. The molecule has 1 atom stereocenters. The molecule has 0 aliphatic heterocycles. The van der Waals surface area contributed by atoms with Crippen LogP contribution in [-0.4, -0.2) is 45.4 Å². The lowest BCUT2D eigenvalue weighted by molar-refractivity contribution is -0.129. The Morgan fingerprint density at radius 3 is 2.70 bits per heavy atom. The normalized spacial score (nSPS) is 13.3. The highest BCUT2D eigenvalue weighted by Crippen LogP contribution is 2.41. The van der Waals surface area contributed by atoms with Crippen molar-refractivity contribution in [1.29, 1.82) is 0 Å². The van der Waals surface area contributed by atoms with Crippen molar-refractivity contribution in [3.05, 3.63) is 40.3 Å². The van der Waals surface area contributed by atoms with Crippen molar-refractivity contribution in [3.8, 4) is 16.2 Å². The summed E-state index contributed by atoms with van der Waals surface area (Å²) in [6.45, 7) is 2.36. The van der Waals surface area contributed by atoms with E-state index in [0.717, 1.165) is 34.6 Å². The summed E-state index contributed by atoms with van der Waals surface area (Å²) in [5, 5.41) is 2.66. The summed E-state index contributed by atoms with van der Waals surface area (Å²) >= 11 is 1.41. The van der Waals surface area contributed by atoms with Gasteiger partial charge in [-0.25, -0.2) is 4.79 Å². The lowest BCUT2D eigenvalue weighted by Gasteiger charge is -2.16. The second-order valence-electron chi connectivity index (χ2n) is 6.32. The number of methoxy groups -OCH3 is 2. The SMILES string of the molecule is COCCNC(=O)[C@H](C)OC(=O)c1cc2c(s1)-c1ccc(OC)cc1CC2. The van der Waals surface area contributed by atoms with Crippen molar-refractivity contribution in [2.24, 2.45) is 0 Å². The minimum atomic E-state index is -0.856. The molecule has 3 rings (SSSR count). The maximum Gasteiger partial charge on any atom is 0.349 e. The van der Waals surface area contributed by atoms with Crippen LogP contribution >= 0.6 is 11.3 Å². The van der Waals surface area contributed by atoms with Crippen LogP contribution in [0.15, 0.2) is 24.3 Å². The van der Waals surface area contributed by atoms with Gasteiger partial charge in [-0.1, -0.05) is 0 Å². The van der Waals surface area contributed by atoms with Gasteiger partial charge in [0.25, 0.3) is 5.91 Å². The molecule has 1 aromatic carbocycles. The van der Waals surface area contributed by atoms with Gasteiger partial charge in [0, 0.05) is 18.5 Å². The first-order chi connectivity index (χ1) is 13.0. The first kappa shape index (κ1) is 19.4. The lowest BCUT2D eigenvalue weighted by Crippen LogP contribution is -2.37. The summed E-state index contributed by atoms with van der Waals surface area (Å²) in [6.07, 6.45) is 0.917. The summed E-state index contributed by atoms with van der Waals surface area (Å²) in [5.41, 5.74) is 3.49. The third kappa shape index (κ3) is 4.31. The van der Waals surface area contributed by atoms with Crippen molar-refractivity contribution in [2.45, 2.75) is 25.9 Å². The molecular formula is C20H23NO5S. The molecule has 1 aliphatic rings. The molecule has 1 N–H and O–H groups in total. The van der Waals surface area contributed by atoms with Gasteiger partial charge in [-0.2, -0.15) is 0 Å². The molecule has 7 heteroatoms. The average Bonchev–Trinajstić information content (AvgIpc) is 3.12. The van der Waals surface area contributed by atoms with Gasteiger partial charge < -0.3 is 19.5 Å². The van der Waals surface area contributed by atoms with Gasteiger partial charge in [0.1, 0.15) is 10.6 Å². The smallest absolute Gasteiger partial charge is 0.349 e. The van der Waals surface area contributed by atoms with Crippen LogP contribution < -0.4 is 10.1 Å². The predicted octanol–water partition coefficient (Wildman–Crippen LogP) is 2.83. The van der Waals surface area contributed by atoms with E-state index in [4.69, 9.17) is 14.2 Å². The Labute approximate surface area is 162 Å². The third-order valence-corrected chi connectivity index (χ3v) is 5.68. The van der Waals surface area contributed by atoms with Crippen LogP contribution in [0.4, 0.5) is 0 Å². The summed E-state index contributed by atoms with van der Waals surface area (Å²) in [5.74, 6) is 0.0275. The number of hydrogen-bond acceptors (Lipinski definition) is 6. The van der Waals surface area contributed by atoms with E-state index in [9.17, 15) is 9.59 Å². The monoisotopic (exact) mass is 389 g/mol. The molecule has 1 amide bonds.